The quantitative estimate of drug-likeness (QED) is 0.776. The van der Waals surface area contributed by atoms with Crippen LogP contribution in [0.2, 0.25) is 5.02 Å². The smallest absolute Gasteiger partial charge is 0.340 e. The van der Waals surface area contributed by atoms with Gasteiger partial charge in [-0.1, -0.05) is 31.5 Å². The normalized spacial score (nSPS) is 12.0. The van der Waals surface area contributed by atoms with Crippen molar-refractivity contribution in [3.05, 3.63) is 57.0 Å². The molecule has 128 valence electrons. The molecule has 0 aliphatic heterocycles. The van der Waals surface area contributed by atoms with Crippen molar-refractivity contribution in [3.8, 4) is 0 Å². The molecule has 1 aromatic carbocycles. The van der Waals surface area contributed by atoms with E-state index in [9.17, 15) is 14.0 Å². The van der Waals surface area contributed by atoms with Crippen LogP contribution in [0.25, 0.3) is 0 Å². The summed E-state index contributed by atoms with van der Waals surface area (Å²) < 4.78 is 17.9. The number of amides is 1. The third kappa shape index (κ3) is 4.79. The molecular formula is C17H17ClFNO3S. The highest BCUT2D eigenvalue weighted by molar-refractivity contribution is 7.10. The largest absolute Gasteiger partial charge is 0.452 e. The highest BCUT2D eigenvalue weighted by Gasteiger charge is 2.20. The molecule has 0 saturated heterocycles. The first-order chi connectivity index (χ1) is 11.4. The van der Waals surface area contributed by atoms with Gasteiger partial charge < -0.3 is 10.1 Å². The molecular weight excluding hydrogens is 353 g/mol. The molecule has 0 saturated carbocycles. The van der Waals surface area contributed by atoms with Gasteiger partial charge in [-0.3, -0.25) is 4.79 Å². The number of hydrogen-bond acceptors (Lipinski definition) is 4. The Bertz CT molecular complexity index is 719. The summed E-state index contributed by atoms with van der Waals surface area (Å²) in [6, 6.07) is 7.06. The van der Waals surface area contributed by atoms with Crippen molar-refractivity contribution in [1.82, 2.24) is 5.32 Å². The maximum Gasteiger partial charge on any atom is 0.340 e. The van der Waals surface area contributed by atoms with Crippen molar-refractivity contribution in [2.24, 2.45) is 5.92 Å². The molecule has 1 unspecified atom stereocenters. The second kappa shape index (κ2) is 8.26. The number of benzene rings is 1. The van der Waals surface area contributed by atoms with E-state index in [-0.39, 0.29) is 22.5 Å². The van der Waals surface area contributed by atoms with Crippen molar-refractivity contribution in [2.75, 3.05) is 6.61 Å². The molecule has 1 N–H and O–H groups in total. The van der Waals surface area contributed by atoms with Gasteiger partial charge in [0.25, 0.3) is 5.91 Å². The first-order valence-corrected chi connectivity index (χ1v) is 8.59. The number of carbonyl (C=O) groups excluding carboxylic acids is 2. The average molecular weight is 370 g/mol. The van der Waals surface area contributed by atoms with E-state index in [1.54, 1.807) is 11.3 Å². The molecule has 1 aromatic heterocycles. The van der Waals surface area contributed by atoms with Crippen LogP contribution in [0.1, 0.15) is 35.1 Å². The van der Waals surface area contributed by atoms with Crippen LogP contribution in [0.4, 0.5) is 4.39 Å². The summed E-state index contributed by atoms with van der Waals surface area (Å²) in [5.74, 6) is -1.54. The van der Waals surface area contributed by atoms with E-state index in [1.807, 2.05) is 31.4 Å². The first kappa shape index (κ1) is 18.4. The van der Waals surface area contributed by atoms with Gasteiger partial charge in [0, 0.05) is 4.88 Å². The van der Waals surface area contributed by atoms with Crippen LogP contribution in [0.3, 0.4) is 0 Å². The topological polar surface area (TPSA) is 55.4 Å². The lowest BCUT2D eigenvalue weighted by Crippen LogP contribution is -2.34. The van der Waals surface area contributed by atoms with E-state index in [1.165, 1.54) is 6.07 Å². The SMILES string of the molecule is CC(C)C(NC(=O)COC(=O)c1ccc(F)cc1Cl)c1cccs1. The minimum absolute atomic E-state index is 0.0181. The molecule has 1 amide bonds. The van der Waals surface area contributed by atoms with Crippen LogP contribution in [0, 0.1) is 11.7 Å². The van der Waals surface area contributed by atoms with Gasteiger partial charge in [0.15, 0.2) is 6.61 Å². The highest BCUT2D eigenvalue weighted by Crippen LogP contribution is 2.25. The van der Waals surface area contributed by atoms with Crippen LogP contribution < -0.4 is 5.32 Å². The standard InChI is InChI=1S/C17H17ClFNO3S/c1-10(2)16(14-4-3-7-24-14)20-15(21)9-23-17(22)12-6-5-11(19)8-13(12)18/h3-8,10,16H,9H2,1-2H3,(H,20,21). The number of thiophene rings is 1. The van der Waals surface area contributed by atoms with Crippen LogP contribution >= 0.6 is 22.9 Å². The third-order valence-electron chi connectivity index (χ3n) is 3.32. The van der Waals surface area contributed by atoms with E-state index in [0.29, 0.717) is 0 Å². The molecule has 1 heterocycles. The van der Waals surface area contributed by atoms with Crippen LogP contribution in [-0.2, 0) is 9.53 Å². The fourth-order valence-electron chi connectivity index (χ4n) is 2.11. The lowest BCUT2D eigenvalue weighted by Gasteiger charge is -2.21. The molecule has 4 nitrogen and oxygen atoms in total. The number of ether oxygens (including phenoxy) is 1. The molecule has 0 aliphatic rings. The third-order valence-corrected chi connectivity index (χ3v) is 4.59. The fraction of sp³-hybridized carbons (Fsp3) is 0.294. The molecule has 7 heteroatoms. The first-order valence-electron chi connectivity index (χ1n) is 7.33. The second-order valence-corrected chi connectivity index (χ2v) is 6.89. The predicted octanol–water partition coefficient (Wildman–Crippen LogP) is 4.21. The monoisotopic (exact) mass is 369 g/mol. The Kier molecular flexibility index (Phi) is 6.34. The molecule has 24 heavy (non-hydrogen) atoms. The second-order valence-electron chi connectivity index (χ2n) is 5.50. The Morgan fingerprint density at radius 3 is 2.67 bits per heavy atom. The van der Waals surface area contributed by atoms with Gasteiger partial charge in [-0.2, -0.15) is 0 Å². The molecule has 2 aromatic rings. The molecule has 0 radical (unpaired) electrons. The van der Waals surface area contributed by atoms with E-state index < -0.39 is 24.3 Å². The Balaban J connectivity index is 1.93. The van der Waals surface area contributed by atoms with Crippen molar-refractivity contribution in [2.45, 2.75) is 19.9 Å². The lowest BCUT2D eigenvalue weighted by atomic mass is 10.0. The number of rotatable bonds is 6. The number of carbonyl (C=O) groups is 2. The zero-order chi connectivity index (χ0) is 17.7. The molecule has 1 atom stereocenters. The van der Waals surface area contributed by atoms with Crippen molar-refractivity contribution < 1.29 is 18.7 Å². The van der Waals surface area contributed by atoms with Gasteiger partial charge in [0.2, 0.25) is 0 Å². The van der Waals surface area contributed by atoms with Gasteiger partial charge in [0.1, 0.15) is 5.82 Å². The Hall–Kier alpha value is -1.92. The number of esters is 1. The van der Waals surface area contributed by atoms with Gasteiger partial charge in [-0.05, 0) is 35.6 Å². The van der Waals surface area contributed by atoms with Crippen LogP contribution in [0.5, 0.6) is 0 Å². The Morgan fingerprint density at radius 2 is 2.08 bits per heavy atom. The van der Waals surface area contributed by atoms with Gasteiger partial charge in [-0.25, -0.2) is 9.18 Å². The van der Waals surface area contributed by atoms with E-state index >= 15 is 0 Å². The molecule has 2 rings (SSSR count). The summed E-state index contributed by atoms with van der Waals surface area (Å²) >= 11 is 7.34. The van der Waals surface area contributed by atoms with Gasteiger partial charge in [0.05, 0.1) is 16.6 Å². The zero-order valence-corrected chi connectivity index (χ0v) is 14.8. The molecule has 0 spiro atoms. The number of halogens is 2. The van der Waals surface area contributed by atoms with E-state index in [2.05, 4.69) is 5.32 Å². The fourth-order valence-corrected chi connectivity index (χ4v) is 3.31. The average Bonchev–Trinajstić information content (AvgIpc) is 3.04. The van der Waals surface area contributed by atoms with Crippen molar-refractivity contribution >= 4 is 34.8 Å². The number of nitrogens with one attached hydrogen (secondary N) is 1. The predicted molar refractivity (Wildman–Crippen MR) is 91.7 cm³/mol. The summed E-state index contributed by atoms with van der Waals surface area (Å²) in [6.07, 6.45) is 0. The summed E-state index contributed by atoms with van der Waals surface area (Å²) in [4.78, 5) is 25.0. The molecule has 0 bridgehead atoms. The van der Waals surface area contributed by atoms with Crippen LogP contribution in [0.15, 0.2) is 35.7 Å². The Morgan fingerprint density at radius 1 is 1.33 bits per heavy atom. The highest BCUT2D eigenvalue weighted by atomic mass is 35.5. The maximum absolute atomic E-state index is 13.0. The molecule has 0 aliphatic carbocycles. The minimum atomic E-state index is -0.771. The Labute approximate surface area is 148 Å². The lowest BCUT2D eigenvalue weighted by molar-refractivity contribution is -0.125. The van der Waals surface area contributed by atoms with Crippen molar-refractivity contribution in [1.29, 1.82) is 0 Å². The molecule has 0 fully saturated rings. The summed E-state index contributed by atoms with van der Waals surface area (Å²) in [5, 5.41) is 4.73. The van der Waals surface area contributed by atoms with Gasteiger partial charge in [-0.15, -0.1) is 11.3 Å². The minimum Gasteiger partial charge on any atom is -0.452 e. The summed E-state index contributed by atoms with van der Waals surface area (Å²) in [6.45, 7) is 3.56. The maximum atomic E-state index is 13.0. The summed E-state index contributed by atoms with van der Waals surface area (Å²) in [7, 11) is 0. The van der Waals surface area contributed by atoms with Crippen molar-refractivity contribution in [3.63, 3.8) is 0 Å². The van der Waals surface area contributed by atoms with Crippen LogP contribution in [-0.4, -0.2) is 18.5 Å². The summed E-state index contributed by atoms with van der Waals surface area (Å²) in [5.41, 5.74) is 0.0181. The van der Waals surface area contributed by atoms with E-state index in [0.717, 1.165) is 17.0 Å². The number of hydrogen-bond donors (Lipinski definition) is 1. The van der Waals surface area contributed by atoms with Gasteiger partial charge >= 0.3 is 5.97 Å². The zero-order valence-electron chi connectivity index (χ0n) is 13.2. The van der Waals surface area contributed by atoms with E-state index in [4.69, 9.17) is 16.3 Å².